The number of benzene rings is 2. The number of nitrogens with one attached hydrogen (secondary N) is 2. The van der Waals surface area contributed by atoms with Crippen molar-refractivity contribution in [2.75, 3.05) is 17.9 Å². The van der Waals surface area contributed by atoms with Crippen LogP contribution in [0.2, 0.25) is 0 Å². The molecule has 0 aliphatic carbocycles. The largest absolute Gasteiger partial charge is 0.465 e. The second kappa shape index (κ2) is 9.41. The standard InChI is InChI=1S/C21H21N3O5/c1-12-5-8-16(9-6-12)22-20(27)19(14(3)26)24-23-18-11-15(13(2)25)7-10-17(18)21(28)29-4/h5-11,23H,1-4H3,(H,22,27)/b24-19-. The lowest BCUT2D eigenvalue weighted by molar-refractivity contribution is -0.114. The molecule has 1 amide bonds. The summed E-state index contributed by atoms with van der Waals surface area (Å²) in [5, 5.41) is 6.46. The molecule has 0 saturated heterocycles. The van der Waals surface area contributed by atoms with Gasteiger partial charge in [0.2, 0.25) is 0 Å². The van der Waals surface area contributed by atoms with Crippen molar-refractivity contribution < 1.29 is 23.9 Å². The predicted molar refractivity (Wildman–Crippen MR) is 109 cm³/mol. The summed E-state index contributed by atoms with van der Waals surface area (Å²) in [6.07, 6.45) is 0. The summed E-state index contributed by atoms with van der Waals surface area (Å²) in [4.78, 5) is 48.0. The van der Waals surface area contributed by atoms with Gasteiger partial charge in [0.15, 0.2) is 17.3 Å². The topological polar surface area (TPSA) is 114 Å². The Kier molecular flexibility index (Phi) is 6.97. The van der Waals surface area contributed by atoms with Gasteiger partial charge in [-0.25, -0.2) is 4.79 Å². The summed E-state index contributed by atoms with van der Waals surface area (Å²) >= 11 is 0. The minimum absolute atomic E-state index is 0.100. The van der Waals surface area contributed by atoms with Gasteiger partial charge in [-0.3, -0.25) is 19.8 Å². The van der Waals surface area contributed by atoms with Gasteiger partial charge in [0.05, 0.1) is 18.4 Å². The highest BCUT2D eigenvalue weighted by molar-refractivity contribution is 6.67. The van der Waals surface area contributed by atoms with E-state index >= 15 is 0 Å². The second-order valence-corrected chi connectivity index (χ2v) is 6.26. The SMILES string of the molecule is COC(=O)c1ccc(C(C)=O)cc1N/N=C(/C(C)=O)C(=O)Nc1ccc(C)cc1. The van der Waals surface area contributed by atoms with Gasteiger partial charge in [-0.2, -0.15) is 5.10 Å². The van der Waals surface area contributed by atoms with Gasteiger partial charge < -0.3 is 10.1 Å². The number of amides is 1. The minimum Gasteiger partial charge on any atom is -0.465 e. The fraction of sp³-hybridized carbons (Fsp3) is 0.190. The van der Waals surface area contributed by atoms with Crippen molar-refractivity contribution in [2.24, 2.45) is 5.10 Å². The number of anilines is 2. The molecule has 150 valence electrons. The van der Waals surface area contributed by atoms with E-state index in [0.717, 1.165) is 5.56 Å². The zero-order chi connectivity index (χ0) is 21.6. The van der Waals surface area contributed by atoms with E-state index in [-0.39, 0.29) is 17.0 Å². The molecular formula is C21H21N3O5. The number of ether oxygens (including phenoxy) is 1. The lowest BCUT2D eigenvalue weighted by Crippen LogP contribution is -2.29. The third kappa shape index (κ3) is 5.58. The van der Waals surface area contributed by atoms with Crippen LogP contribution in [0.5, 0.6) is 0 Å². The monoisotopic (exact) mass is 395 g/mol. The van der Waals surface area contributed by atoms with E-state index < -0.39 is 23.4 Å². The van der Waals surface area contributed by atoms with E-state index in [9.17, 15) is 19.2 Å². The molecule has 0 radical (unpaired) electrons. The number of aryl methyl sites for hydroxylation is 1. The van der Waals surface area contributed by atoms with E-state index in [1.807, 2.05) is 19.1 Å². The molecule has 2 rings (SSSR count). The minimum atomic E-state index is -0.712. The average Bonchev–Trinajstić information content (AvgIpc) is 2.68. The Hall–Kier alpha value is -3.81. The van der Waals surface area contributed by atoms with Crippen molar-refractivity contribution in [1.82, 2.24) is 0 Å². The summed E-state index contributed by atoms with van der Waals surface area (Å²) in [7, 11) is 1.21. The number of Topliss-reactive ketones (excluding diaryl/α,β-unsaturated/α-hetero) is 2. The number of ketones is 2. The Morgan fingerprint density at radius 3 is 2.17 bits per heavy atom. The Bertz CT molecular complexity index is 994. The fourth-order valence-electron chi connectivity index (χ4n) is 2.38. The average molecular weight is 395 g/mol. The van der Waals surface area contributed by atoms with Crippen LogP contribution in [0.4, 0.5) is 11.4 Å². The number of hydrazone groups is 1. The first-order valence-corrected chi connectivity index (χ1v) is 8.69. The van der Waals surface area contributed by atoms with Crippen molar-refractivity contribution in [2.45, 2.75) is 20.8 Å². The molecule has 0 spiro atoms. The number of methoxy groups -OCH3 is 1. The van der Waals surface area contributed by atoms with Crippen LogP contribution in [0.15, 0.2) is 47.6 Å². The number of esters is 1. The van der Waals surface area contributed by atoms with Crippen LogP contribution in [0.1, 0.15) is 40.1 Å². The smallest absolute Gasteiger partial charge is 0.340 e. The first-order chi connectivity index (χ1) is 13.7. The molecule has 8 nitrogen and oxygen atoms in total. The maximum absolute atomic E-state index is 12.5. The van der Waals surface area contributed by atoms with Gasteiger partial charge in [0.1, 0.15) is 0 Å². The van der Waals surface area contributed by atoms with Crippen molar-refractivity contribution in [1.29, 1.82) is 0 Å². The van der Waals surface area contributed by atoms with Crippen molar-refractivity contribution in [3.63, 3.8) is 0 Å². The summed E-state index contributed by atoms with van der Waals surface area (Å²) in [5.41, 5.74) is 4.22. The highest BCUT2D eigenvalue weighted by Gasteiger charge is 2.19. The molecule has 0 unspecified atom stereocenters. The van der Waals surface area contributed by atoms with E-state index in [2.05, 4.69) is 15.8 Å². The number of carbonyl (C=O) groups excluding carboxylic acids is 4. The quantitative estimate of drug-likeness (QED) is 0.245. The summed E-state index contributed by atoms with van der Waals surface area (Å²) in [6, 6.07) is 11.3. The van der Waals surface area contributed by atoms with E-state index in [1.165, 1.54) is 39.2 Å². The van der Waals surface area contributed by atoms with Gasteiger partial charge in [0.25, 0.3) is 5.91 Å². The molecule has 0 atom stereocenters. The van der Waals surface area contributed by atoms with Gasteiger partial charge in [-0.05, 0) is 38.1 Å². The van der Waals surface area contributed by atoms with E-state index in [1.54, 1.807) is 12.1 Å². The van der Waals surface area contributed by atoms with Crippen molar-refractivity contribution in [3.8, 4) is 0 Å². The Morgan fingerprint density at radius 2 is 1.62 bits per heavy atom. The van der Waals surface area contributed by atoms with Gasteiger partial charge in [-0.1, -0.05) is 23.8 Å². The predicted octanol–water partition coefficient (Wildman–Crippen LogP) is 2.98. The lowest BCUT2D eigenvalue weighted by Gasteiger charge is -2.10. The molecule has 8 heteroatoms. The molecule has 0 aliphatic heterocycles. The van der Waals surface area contributed by atoms with Crippen LogP contribution in [0, 0.1) is 6.92 Å². The van der Waals surface area contributed by atoms with Gasteiger partial charge in [0, 0.05) is 18.2 Å². The maximum atomic E-state index is 12.5. The van der Waals surface area contributed by atoms with Crippen LogP contribution >= 0.6 is 0 Å². The van der Waals surface area contributed by atoms with Crippen molar-refractivity contribution in [3.05, 3.63) is 59.2 Å². The lowest BCUT2D eigenvalue weighted by atomic mass is 10.1. The molecule has 0 fully saturated rings. The molecule has 2 N–H and O–H groups in total. The normalized spacial score (nSPS) is 10.8. The third-order valence-corrected chi connectivity index (χ3v) is 3.98. The van der Waals surface area contributed by atoms with Crippen molar-refractivity contribution >= 4 is 40.5 Å². The number of rotatable bonds is 7. The molecule has 0 bridgehead atoms. The molecule has 2 aromatic carbocycles. The fourth-order valence-corrected chi connectivity index (χ4v) is 2.38. The van der Waals surface area contributed by atoms with Crippen LogP contribution in [0.25, 0.3) is 0 Å². The van der Waals surface area contributed by atoms with Crippen LogP contribution in [0.3, 0.4) is 0 Å². The van der Waals surface area contributed by atoms with Gasteiger partial charge >= 0.3 is 5.97 Å². The number of nitrogens with zero attached hydrogens (tertiary/aromatic N) is 1. The summed E-state index contributed by atoms with van der Waals surface area (Å²) < 4.78 is 4.71. The van der Waals surface area contributed by atoms with E-state index in [0.29, 0.717) is 11.3 Å². The zero-order valence-electron chi connectivity index (χ0n) is 16.5. The van der Waals surface area contributed by atoms with Crippen LogP contribution in [-0.2, 0) is 14.3 Å². The van der Waals surface area contributed by atoms with E-state index in [4.69, 9.17) is 4.74 Å². The molecule has 0 heterocycles. The third-order valence-electron chi connectivity index (χ3n) is 3.98. The molecule has 2 aromatic rings. The number of hydrogen-bond donors (Lipinski definition) is 2. The van der Waals surface area contributed by atoms with Crippen LogP contribution in [-0.4, -0.2) is 36.3 Å². The molecular weight excluding hydrogens is 374 g/mol. The molecule has 0 saturated carbocycles. The summed E-state index contributed by atoms with van der Waals surface area (Å²) in [5.74, 6) is -2.18. The zero-order valence-corrected chi connectivity index (χ0v) is 16.5. The maximum Gasteiger partial charge on any atom is 0.340 e. The second-order valence-electron chi connectivity index (χ2n) is 6.26. The first kappa shape index (κ1) is 21.5. The highest BCUT2D eigenvalue weighted by atomic mass is 16.5. The molecule has 0 aliphatic rings. The summed E-state index contributed by atoms with van der Waals surface area (Å²) in [6.45, 7) is 4.48. The highest BCUT2D eigenvalue weighted by Crippen LogP contribution is 2.20. The Labute approximate surface area is 167 Å². The van der Waals surface area contributed by atoms with Gasteiger partial charge in [-0.15, -0.1) is 0 Å². The Morgan fingerprint density at radius 1 is 0.966 bits per heavy atom. The van der Waals surface area contributed by atoms with Crippen LogP contribution < -0.4 is 10.7 Å². The number of carbonyl (C=O) groups is 4. The first-order valence-electron chi connectivity index (χ1n) is 8.69. The number of hydrogen-bond acceptors (Lipinski definition) is 7. The molecule has 29 heavy (non-hydrogen) atoms. The molecule has 0 aromatic heterocycles. The Balaban J connectivity index is 2.33.